The highest BCUT2D eigenvalue weighted by Crippen LogP contribution is 2.34. The van der Waals surface area contributed by atoms with Gasteiger partial charge in [-0.25, -0.2) is 14.2 Å². The predicted octanol–water partition coefficient (Wildman–Crippen LogP) is 3.89. The Balaban J connectivity index is 2.59. The number of nitrogens with zero attached hydrogens (tertiary/aromatic N) is 1. The quantitative estimate of drug-likeness (QED) is 0.911. The van der Waals surface area contributed by atoms with E-state index in [9.17, 15) is 9.18 Å². The summed E-state index contributed by atoms with van der Waals surface area (Å²) >= 11 is 11.9. The van der Waals surface area contributed by atoms with Crippen LogP contribution in [0.5, 0.6) is 0 Å². The highest BCUT2D eigenvalue weighted by atomic mass is 35.5. The standard InChI is InChI=1S/C12H6Cl2FNO2/c13-7-2-1-3-8(14)10(7)6-4-9(15)11(12(17)18)16-5-6/h1-5H,(H,17,18). The number of benzene rings is 1. The molecule has 3 nitrogen and oxygen atoms in total. The van der Waals surface area contributed by atoms with Crippen LogP contribution in [0.25, 0.3) is 11.1 Å². The van der Waals surface area contributed by atoms with Crippen LogP contribution in [0.3, 0.4) is 0 Å². The Morgan fingerprint density at radius 3 is 2.39 bits per heavy atom. The molecular formula is C12H6Cl2FNO2. The Morgan fingerprint density at radius 2 is 1.89 bits per heavy atom. The third kappa shape index (κ3) is 2.30. The third-order valence-electron chi connectivity index (χ3n) is 2.30. The molecule has 2 aromatic rings. The van der Waals surface area contributed by atoms with Crippen LogP contribution in [0, 0.1) is 5.82 Å². The van der Waals surface area contributed by atoms with Gasteiger partial charge in [0.15, 0.2) is 11.5 Å². The molecule has 0 amide bonds. The van der Waals surface area contributed by atoms with Crippen LogP contribution in [0.4, 0.5) is 4.39 Å². The molecule has 18 heavy (non-hydrogen) atoms. The summed E-state index contributed by atoms with van der Waals surface area (Å²) in [4.78, 5) is 14.2. The summed E-state index contributed by atoms with van der Waals surface area (Å²) in [7, 11) is 0. The summed E-state index contributed by atoms with van der Waals surface area (Å²) in [6.45, 7) is 0. The molecule has 0 fully saturated rings. The van der Waals surface area contributed by atoms with E-state index in [4.69, 9.17) is 28.3 Å². The lowest BCUT2D eigenvalue weighted by atomic mass is 10.1. The molecule has 0 radical (unpaired) electrons. The molecule has 92 valence electrons. The molecule has 0 unspecified atom stereocenters. The van der Waals surface area contributed by atoms with Crippen LogP contribution in [-0.4, -0.2) is 16.1 Å². The summed E-state index contributed by atoms with van der Waals surface area (Å²) in [5.74, 6) is -2.36. The molecule has 0 saturated carbocycles. The lowest BCUT2D eigenvalue weighted by Gasteiger charge is -2.07. The number of rotatable bonds is 2. The van der Waals surface area contributed by atoms with Crippen LogP contribution in [-0.2, 0) is 0 Å². The van der Waals surface area contributed by atoms with Gasteiger partial charge in [0.2, 0.25) is 0 Å². The Hall–Kier alpha value is -1.65. The molecule has 0 aliphatic heterocycles. The predicted molar refractivity (Wildman–Crippen MR) is 66.6 cm³/mol. The number of aromatic nitrogens is 1. The average Bonchev–Trinajstić information content (AvgIpc) is 2.28. The van der Waals surface area contributed by atoms with E-state index in [0.29, 0.717) is 21.2 Å². The molecule has 1 heterocycles. The van der Waals surface area contributed by atoms with Crippen molar-refractivity contribution in [3.8, 4) is 11.1 Å². The van der Waals surface area contributed by atoms with E-state index >= 15 is 0 Å². The van der Waals surface area contributed by atoms with Crippen molar-refractivity contribution in [1.29, 1.82) is 0 Å². The van der Waals surface area contributed by atoms with Gasteiger partial charge < -0.3 is 5.11 Å². The topological polar surface area (TPSA) is 50.2 Å². The van der Waals surface area contributed by atoms with E-state index in [-0.39, 0.29) is 0 Å². The molecule has 0 saturated heterocycles. The number of aromatic carboxylic acids is 1. The van der Waals surface area contributed by atoms with Gasteiger partial charge in [-0.15, -0.1) is 0 Å². The summed E-state index contributed by atoms with van der Waals surface area (Å²) in [6, 6.07) is 5.91. The maximum Gasteiger partial charge on any atom is 0.357 e. The Bertz CT molecular complexity index is 611. The van der Waals surface area contributed by atoms with Gasteiger partial charge in [0.05, 0.1) is 0 Å². The van der Waals surface area contributed by atoms with Gasteiger partial charge in [-0.3, -0.25) is 0 Å². The fourth-order valence-corrected chi connectivity index (χ4v) is 2.12. The van der Waals surface area contributed by atoms with Gasteiger partial charge in [0, 0.05) is 27.4 Å². The number of carbonyl (C=O) groups is 1. The minimum absolute atomic E-state index is 0.327. The van der Waals surface area contributed by atoms with Crippen molar-refractivity contribution in [2.24, 2.45) is 0 Å². The second kappa shape index (κ2) is 4.92. The SMILES string of the molecule is O=C(O)c1ncc(-c2c(Cl)cccc2Cl)cc1F. The first-order valence-electron chi connectivity index (χ1n) is 4.84. The number of pyridine rings is 1. The van der Waals surface area contributed by atoms with Gasteiger partial charge in [-0.2, -0.15) is 0 Å². The summed E-state index contributed by atoms with van der Waals surface area (Å²) in [6.07, 6.45) is 1.22. The zero-order chi connectivity index (χ0) is 13.3. The van der Waals surface area contributed by atoms with Crippen molar-refractivity contribution in [2.45, 2.75) is 0 Å². The van der Waals surface area contributed by atoms with E-state index in [1.165, 1.54) is 6.20 Å². The third-order valence-corrected chi connectivity index (χ3v) is 2.93. The van der Waals surface area contributed by atoms with Crippen LogP contribution in [0.1, 0.15) is 10.5 Å². The lowest BCUT2D eigenvalue weighted by molar-refractivity contribution is 0.0685. The smallest absolute Gasteiger partial charge is 0.357 e. The largest absolute Gasteiger partial charge is 0.476 e. The van der Waals surface area contributed by atoms with Crippen molar-refractivity contribution in [1.82, 2.24) is 4.98 Å². The molecular weight excluding hydrogens is 280 g/mol. The average molecular weight is 286 g/mol. The summed E-state index contributed by atoms with van der Waals surface area (Å²) in [5, 5.41) is 9.36. The number of carboxylic acid groups (broad SMARTS) is 1. The Labute approximate surface area is 112 Å². The highest BCUT2D eigenvalue weighted by molar-refractivity contribution is 6.39. The Kier molecular flexibility index (Phi) is 3.50. The van der Waals surface area contributed by atoms with E-state index in [0.717, 1.165) is 6.07 Å². The van der Waals surface area contributed by atoms with Gasteiger partial charge in [0.25, 0.3) is 0 Å². The number of carboxylic acids is 1. The minimum Gasteiger partial charge on any atom is -0.476 e. The lowest BCUT2D eigenvalue weighted by Crippen LogP contribution is -2.04. The summed E-state index contributed by atoms with van der Waals surface area (Å²) < 4.78 is 13.5. The molecule has 2 rings (SSSR count). The van der Waals surface area contributed by atoms with Crippen LogP contribution < -0.4 is 0 Å². The van der Waals surface area contributed by atoms with E-state index in [1.807, 2.05) is 0 Å². The van der Waals surface area contributed by atoms with Gasteiger partial charge in [-0.1, -0.05) is 29.3 Å². The van der Waals surface area contributed by atoms with E-state index in [1.54, 1.807) is 18.2 Å². The van der Waals surface area contributed by atoms with Crippen molar-refractivity contribution < 1.29 is 14.3 Å². The second-order valence-electron chi connectivity index (χ2n) is 3.46. The van der Waals surface area contributed by atoms with E-state index < -0.39 is 17.5 Å². The van der Waals surface area contributed by atoms with Crippen LogP contribution in [0.2, 0.25) is 10.0 Å². The molecule has 1 N–H and O–H groups in total. The molecule has 0 aliphatic rings. The fourth-order valence-electron chi connectivity index (χ4n) is 1.51. The maximum absolute atomic E-state index is 13.5. The summed E-state index contributed by atoms with van der Waals surface area (Å²) in [5.41, 5.74) is 0.110. The maximum atomic E-state index is 13.5. The first-order chi connectivity index (χ1) is 8.50. The molecule has 0 aliphatic carbocycles. The zero-order valence-corrected chi connectivity index (χ0v) is 10.3. The molecule has 1 aromatic carbocycles. The molecule has 0 atom stereocenters. The molecule has 0 spiro atoms. The zero-order valence-electron chi connectivity index (χ0n) is 8.82. The van der Waals surface area contributed by atoms with E-state index in [2.05, 4.69) is 4.98 Å². The van der Waals surface area contributed by atoms with Crippen molar-refractivity contribution in [3.05, 3.63) is 52.0 Å². The van der Waals surface area contributed by atoms with Crippen molar-refractivity contribution in [2.75, 3.05) is 0 Å². The van der Waals surface area contributed by atoms with Gasteiger partial charge >= 0.3 is 5.97 Å². The van der Waals surface area contributed by atoms with Crippen LogP contribution in [0.15, 0.2) is 30.5 Å². The van der Waals surface area contributed by atoms with Crippen molar-refractivity contribution in [3.63, 3.8) is 0 Å². The fraction of sp³-hybridized carbons (Fsp3) is 0. The van der Waals surface area contributed by atoms with Crippen molar-refractivity contribution >= 4 is 29.2 Å². The highest BCUT2D eigenvalue weighted by Gasteiger charge is 2.15. The number of hydrogen-bond acceptors (Lipinski definition) is 2. The first kappa shape index (κ1) is 12.8. The minimum atomic E-state index is -1.43. The molecule has 1 aromatic heterocycles. The number of halogens is 3. The normalized spacial score (nSPS) is 10.4. The van der Waals surface area contributed by atoms with Gasteiger partial charge in [-0.05, 0) is 18.2 Å². The number of hydrogen-bond donors (Lipinski definition) is 1. The Morgan fingerprint density at radius 1 is 1.28 bits per heavy atom. The molecule has 6 heteroatoms. The van der Waals surface area contributed by atoms with Gasteiger partial charge in [0.1, 0.15) is 0 Å². The van der Waals surface area contributed by atoms with Crippen LogP contribution >= 0.6 is 23.2 Å². The monoisotopic (exact) mass is 285 g/mol. The molecule has 0 bridgehead atoms. The second-order valence-corrected chi connectivity index (χ2v) is 4.27. The first-order valence-corrected chi connectivity index (χ1v) is 5.59.